The number of furan rings is 1. The van der Waals surface area contributed by atoms with Crippen molar-refractivity contribution in [3.8, 4) is 0 Å². The van der Waals surface area contributed by atoms with Gasteiger partial charge in [-0.25, -0.2) is 0 Å². The molecule has 0 unspecified atom stereocenters. The van der Waals surface area contributed by atoms with Crippen LogP contribution < -0.4 is 5.32 Å². The lowest BCUT2D eigenvalue weighted by Crippen LogP contribution is -2.39. The predicted octanol–water partition coefficient (Wildman–Crippen LogP) is 2.67. The second-order valence-corrected chi connectivity index (χ2v) is 9.22. The molecule has 0 saturated carbocycles. The van der Waals surface area contributed by atoms with Crippen LogP contribution in [0.5, 0.6) is 0 Å². The Labute approximate surface area is 202 Å². The molecule has 0 radical (unpaired) electrons. The van der Waals surface area contributed by atoms with Crippen LogP contribution in [-0.4, -0.2) is 63.1 Å². The Hall–Kier alpha value is -3.50. The molecule has 5 rings (SSSR count). The Morgan fingerprint density at radius 1 is 1.14 bits per heavy atom. The first-order valence-electron chi connectivity index (χ1n) is 12.0. The van der Waals surface area contributed by atoms with E-state index in [1.54, 1.807) is 41.1 Å². The molecule has 35 heavy (non-hydrogen) atoms. The van der Waals surface area contributed by atoms with Crippen LogP contribution in [0, 0.1) is 5.92 Å². The molecule has 0 bridgehead atoms. The van der Waals surface area contributed by atoms with E-state index < -0.39 is 5.60 Å². The number of anilines is 1. The number of piperidine rings is 1. The molecule has 3 aromatic rings. The zero-order chi connectivity index (χ0) is 24.3. The van der Waals surface area contributed by atoms with Gasteiger partial charge in [-0.3, -0.25) is 14.3 Å². The van der Waals surface area contributed by atoms with E-state index in [4.69, 9.17) is 9.15 Å². The number of carbonyl (C=O) groups excluding carboxylic acids is 2. The van der Waals surface area contributed by atoms with Crippen molar-refractivity contribution in [3.05, 3.63) is 65.9 Å². The first-order chi connectivity index (χ1) is 17.0. The lowest BCUT2D eigenvalue weighted by Gasteiger charge is -2.32. The van der Waals surface area contributed by atoms with Crippen molar-refractivity contribution in [1.82, 2.24) is 19.9 Å². The molecule has 184 valence electrons. The number of hydrogen-bond donors (Lipinski definition) is 2. The lowest BCUT2D eigenvalue weighted by molar-refractivity contribution is -0.0706. The van der Waals surface area contributed by atoms with Gasteiger partial charge in [-0.1, -0.05) is 11.3 Å². The van der Waals surface area contributed by atoms with E-state index in [1.807, 2.05) is 11.1 Å². The average Bonchev–Trinajstić information content (AvgIpc) is 3.58. The molecule has 10 nitrogen and oxygen atoms in total. The maximum absolute atomic E-state index is 13.1. The fourth-order valence-electron chi connectivity index (χ4n) is 4.66. The number of aliphatic hydroxyl groups is 1. The van der Waals surface area contributed by atoms with Crippen LogP contribution in [0.15, 0.2) is 53.3 Å². The molecule has 0 aliphatic carbocycles. The molecule has 2 aliphatic rings. The molecule has 0 spiro atoms. The maximum atomic E-state index is 13.1. The Morgan fingerprint density at radius 2 is 1.94 bits per heavy atom. The van der Waals surface area contributed by atoms with Gasteiger partial charge in [0.2, 0.25) is 0 Å². The monoisotopic (exact) mass is 479 g/mol. The van der Waals surface area contributed by atoms with E-state index in [0.717, 1.165) is 12.8 Å². The summed E-state index contributed by atoms with van der Waals surface area (Å²) in [6, 6.07) is 10.2. The number of ether oxygens (including phenoxy) is 1. The quantitative estimate of drug-likeness (QED) is 0.557. The van der Waals surface area contributed by atoms with E-state index in [9.17, 15) is 14.7 Å². The van der Waals surface area contributed by atoms with E-state index in [2.05, 4.69) is 15.6 Å². The van der Waals surface area contributed by atoms with E-state index in [0.29, 0.717) is 68.6 Å². The molecule has 4 heterocycles. The minimum absolute atomic E-state index is 0.0534. The van der Waals surface area contributed by atoms with Crippen molar-refractivity contribution < 1.29 is 23.8 Å². The Kier molecular flexibility index (Phi) is 6.65. The van der Waals surface area contributed by atoms with Gasteiger partial charge in [0.05, 0.1) is 12.5 Å². The van der Waals surface area contributed by atoms with Crippen LogP contribution in [0.25, 0.3) is 0 Å². The summed E-state index contributed by atoms with van der Waals surface area (Å²) < 4.78 is 12.3. The molecular formula is C25H29N5O5. The topological polar surface area (TPSA) is 123 Å². The summed E-state index contributed by atoms with van der Waals surface area (Å²) in [6.07, 6.45) is 6.04. The van der Waals surface area contributed by atoms with Gasteiger partial charge in [-0.2, -0.15) is 0 Å². The number of hydrogen-bond acceptors (Lipinski definition) is 7. The average molecular weight is 480 g/mol. The zero-order valence-electron chi connectivity index (χ0n) is 19.4. The SMILES string of the molecule is O=C(Nc1cccc(C(=O)N2CCC(Cn3cc(C4(O)CCOCC4)nn3)CC2)c1)c1ccco1. The molecule has 2 saturated heterocycles. The fourth-order valence-corrected chi connectivity index (χ4v) is 4.66. The van der Waals surface area contributed by atoms with Gasteiger partial charge in [0.15, 0.2) is 5.76 Å². The third kappa shape index (κ3) is 5.28. The molecule has 2 N–H and O–H groups in total. The third-order valence-electron chi connectivity index (χ3n) is 6.79. The predicted molar refractivity (Wildman–Crippen MR) is 126 cm³/mol. The first-order valence-corrected chi connectivity index (χ1v) is 12.0. The Morgan fingerprint density at radius 3 is 2.69 bits per heavy atom. The maximum Gasteiger partial charge on any atom is 0.291 e. The number of benzene rings is 1. The van der Waals surface area contributed by atoms with Crippen LogP contribution in [0.2, 0.25) is 0 Å². The molecular weight excluding hydrogens is 450 g/mol. The lowest BCUT2D eigenvalue weighted by atomic mass is 9.91. The van der Waals surface area contributed by atoms with Crippen LogP contribution >= 0.6 is 0 Å². The number of amides is 2. The first kappa shape index (κ1) is 23.3. The summed E-state index contributed by atoms with van der Waals surface area (Å²) in [7, 11) is 0. The van der Waals surface area contributed by atoms with Gasteiger partial charge in [-0.15, -0.1) is 5.10 Å². The van der Waals surface area contributed by atoms with E-state index >= 15 is 0 Å². The van der Waals surface area contributed by atoms with Gasteiger partial charge in [0.25, 0.3) is 11.8 Å². The van der Waals surface area contributed by atoms with Gasteiger partial charge in [0.1, 0.15) is 11.3 Å². The number of nitrogens with one attached hydrogen (secondary N) is 1. The second-order valence-electron chi connectivity index (χ2n) is 9.22. The third-order valence-corrected chi connectivity index (χ3v) is 6.79. The highest BCUT2D eigenvalue weighted by molar-refractivity contribution is 6.03. The van der Waals surface area contributed by atoms with Crippen molar-refractivity contribution in [2.24, 2.45) is 5.92 Å². The molecule has 2 aromatic heterocycles. The van der Waals surface area contributed by atoms with Gasteiger partial charge in [0, 0.05) is 56.9 Å². The van der Waals surface area contributed by atoms with Crippen LogP contribution in [-0.2, 0) is 16.9 Å². The second kappa shape index (κ2) is 10.0. The number of carbonyl (C=O) groups is 2. The molecule has 2 fully saturated rings. The number of likely N-dealkylation sites (tertiary alicyclic amines) is 1. The zero-order valence-corrected chi connectivity index (χ0v) is 19.4. The largest absolute Gasteiger partial charge is 0.459 e. The summed E-state index contributed by atoms with van der Waals surface area (Å²) in [4.78, 5) is 27.1. The highest BCUT2D eigenvalue weighted by Crippen LogP contribution is 2.30. The van der Waals surface area contributed by atoms with Crippen molar-refractivity contribution in [2.75, 3.05) is 31.6 Å². The summed E-state index contributed by atoms with van der Waals surface area (Å²) in [5, 5.41) is 22.0. The Balaban J connectivity index is 1.14. The van der Waals surface area contributed by atoms with Gasteiger partial charge in [-0.05, 0) is 49.1 Å². The van der Waals surface area contributed by atoms with Gasteiger partial charge >= 0.3 is 0 Å². The van der Waals surface area contributed by atoms with Crippen LogP contribution in [0.3, 0.4) is 0 Å². The molecule has 2 aliphatic heterocycles. The van der Waals surface area contributed by atoms with Crippen molar-refractivity contribution in [3.63, 3.8) is 0 Å². The Bertz CT molecular complexity index is 1160. The highest BCUT2D eigenvalue weighted by atomic mass is 16.5. The summed E-state index contributed by atoms with van der Waals surface area (Å²) in [5.41, 5.74) is 0.720. The highest BCUT2D eigenvalue weighted by Gasteiger charge is 2.35. The molecule has 1 aromatic carbocycles. The summed E-state index contributed by atoms with van der Waals surface area (Å²) >= 11 is 0. The molecule has 2 amide bonds. The van der Waals surface area contributed by atoms with E-state index in [1.165, 1.54) is 6.26 Å². The van der Waals surface area contributed by atoms with E-state index in [-0.39, 0.29) is 17.6 Å². The standard InChI is InChI=1S/C25H29N5O5/c31-23(21-5-2-12-35-21)26-20-4-1-3-19(15-20)24(32)29-10-6-18(7-11-29)16-30-17-22(27-28-30)25(33)8-13-34-14-9-25/h1-5,12,15,17-18,33H,6-11,13-14,16H2,(H,26,31). The number of aromatic nitrogens is 3. The minimum Gasteiger partial charge on any atom is -0.459 e. The normalized spacial score (nSPS) is 18.4. The van der Waals surface area contributed by atoms with Crippen molar-refractivity contribution >= 4 is 17.5 Å². The number of rotatable bonds is 6. The van der Waals surface area contributed by atoms with Crippen LogP contribution in [0.1, 0.15) is 52.3 Å². The van der Waals surface area contributed by atoms with Crippen LogP contribution in [0.4, 0.5) is 5.69 Å². The van der Waals surface area contributed by atoms with Gasteiger partial charge < -0.3 is 24.5 Å². The molecule has 0 atom stereocenters. The number of nitrogens with zero attached hydrogens (tertiary/aromatic N) is 4. The molecule has 10 heteroatoms. The minimum atomic E-state index is -0.960. The van der Waals surface area contributed by atoms with Crippen molar-refractivity contribution in [1.29, 1.82) is 0 Å². The smallest absolute Gasteiger partial charge is 0.291 e. The summed E-state index contributed by atoms with van der Waals surface area (Å²) in [6.45, 7) is 3.05. The summed E-state index contributed by atoms with van der Waals surface area (Å²) in [5.74, 6) is 0.171. The van der Waals surface area contributed by atoms with Crippen molar-refractivity contribution in [2.45, 2.75) is 37.8 Å². The fraction of sp³-hybridized carbons (Fsp3) is 0.440.